The maximum Gasteiger partial charge on any atom is 0.252 e. The van der Waals surface area contributed by atoms with Gasteiger partial charge in [-0.2, -0.15) is 0 Å². The van der Waals surface area contributed by atoms with Crippen LogP contribution in [0.15, 0.2) is 312 Å². The van der Waals surface area contributed by atoms with E-state index >= 15 is 0 Å². The van der Waals surface area contributed by atoms with E-state index in [-0.39, 0.29) is 56.7 Å². The first-order valence-electron chi connectivity index (χ1n) is 52.3. The van der Waals surface area contributed by atoms with Crippen molar-refractivity contribution in [3.8, 4) is 33.9 Å². The fourth-order valence-electron chi connectivity index (χ4n) is 25.4. The molecule has 0 spiro atoms. The third-order valence-corrected chi connectivity index (χ3v) is 33.4. The molecule has 145 heavy (non-hydrogen) atoms. The zero-order valence-electron chi connectivity index (χ0n) is 89.2. The Morgan fingerprint density at radius 2 is 0.648 bits per heavy atom. The number of rotatable bonds is 7. The summed E-state index contributed by atoms with van der Waals surface area (Å²) in [5.74, 6) is 0. The summed E-state index contributed by atoms with van der Waals surface area (Å²) in [6.07, 6.45) is 1.02. The van der Waals surface area contributed by atoms with Gasteiger partial charge in [-0.25, -0.2) is 0 Å². The molecule has 0 atom stereocenters. The summed E-state index contributed by atoms with van der Waals surface area (Å²) in [5, 5.41) is 7.87. The third-order valence-electron chi connectivity index (χ3n) is 33.2. The Bertz CT molecular complexity index is 8770. The zero-order chi connectivity index (χ0) is 101. The van der Waals surface area contributed by atoms with Gasteiger partial charge in [0, 0.05) is 111 Å². The lowest BCUT2D eigenvalue weighted by Crippen LogP contribution is -2.60. The number of benzene rings is 16. The van der Waals surface area contributed by atoms with E-state index in [4.69, 9.17) is 20.4 Å². The van der Waals surface area contributed by atoms with Gasteiger partial charge in [-0.05, 0) is 285 Å². The van der Waals surface area contributed by atoms with Gasteiger partial charge in [-0.15, -0.1) is 0 Å². The minimum atomic E-state index is -0.175. The number of anilines is 9. The number of nitrogens with zero attached hydrogens (tertiary/aromatic N) is 5. The Morgan fingerprint density at radius 1 is 0.297 bits per heavy atom. The first-order chi connectivity index (χ1) is 68.8. The summed E-state index contributed by atoms with van der Waals surface area (Å²) < 4.78 is 18.5. The van der Waals surface area contributed by atoms with E-state index in [1.807, 2.05) is 6.07 Å². The molecule has 0 unspecified atom stereocenters. The van der Waals surface area contributed by atoms with E-state index in [9.17, 15) is 0 Å². The average Bonchev–Trinajstić information content (AvgIpc) is 1.52. The molecule has 10 heteroatoms. The van der Waals surface area contributed by atoms with Crippen LogP contribution in [0.4, 0.5) is 51.2 Å². The summed E-state index contributed by atoms with van der Waals surface area (Å²) >= 11 is 6.93. The Labute approximate surface area is 862 Å². The van der Waals surface area contributed by atoms with Crippen molar-refractivity contribution in [2.45, 2.75) is 230 Å². The molecule has 0 radical (unpaired) electrons. The average molecular weight is 1910 g/mol. The Balaban J connectivity index is 0.000000133. The van der Waals surface area contributed by atoms with Gasteiger partial charge in [0.2, 0.25) is 0 Å². The van der Waals surface area contributed by atoms with Crippen molar-refractivity contribution in [2.75, 3.05) is 14.7 Å². The second kappa shape index (κ2) is 32.5. The number of fused-ring (bicyclic) bond motifs is 24. The van der Waals surface area contributed by atoms with E-state index in [0.29, 0.717) is 0 Å². The fourth-order valence-corrected chi connectivity index (χ4v) is 25.6. The van der Waals surface area contributed by atoms with E-state index in [1.165, 1.54) is 206 Å². The van der Waals surface area contributed by atoms with Gasteiger partial charge < -0.3 is 32.7 Å². The predicted molar refractivity (Wildman–Crippen MR) is 621 cm³/mol. The van der Waals surface area contributed by atoms with Crippen LogP contribution in [0.3, 0.4) is 0 Å². The molecule has 16 aromatic carbocycles. The molecule has 0 amide bonds. The van der Waals surface area contributed by atoms with Crippen LogP contribution in [0.25, 0.3) is 99.6 Å². The van der Waals surface area contributed by atoms with Crippen molar-refractivity contribution in [3.63, 3.8) is 0 Å². The van der Waals surface area contributed by atoms with E-state index < -0.39 is 0 Å². The summed E-state index contributed by atoms with van der Waals surface area (Å²) in [6.45, 7) is 60.3. The standard InChI is InChI=1S/C67H64BN3O.C45H34BClN2O.C23H32/c1-39-34-41(64(3,4)5)28-32-51(39)69(52-33-29-42(35-40(52)2)65(6,7)8)44-30-31-49-54(38-44)70(53-25-19-27-58-59(53)46-21-15-17-26-57(46)72-58)55-36-43(66(9,10)11)37-56-61(55)68(49)50-24-18-22-47-60-63(71(56)62(47)50)45-20-14-16-23-48(45)67(60,12)13;1-44(2,3)25-22-35-41-36(23-25)49-42-29(40-43(49)27-12-6-8-15-30(27)45(40,4)5)14-10-16-32(42)46(41)31-21-20-26(47)24-34(31)48(35)33-17-11-19-38-39(33)28-13-7-9-18-37(28)50-38;1-16-13-20(22(3,4)5)11-9-18(16)15-19-10-12-21(14-17(19)2)23(6,7)8/h14-38H,1-13H3;6-24H,1-5H3;9-14H,15H2,1-8H3. The Kier molecular flexibility index (Phi) is 20.9. The van der Waals surface area contributed by atoms with Crippen LogP contribution in [0, 0.1) is 27.7 Å². The maximum atomic E-state index is 6.93. The SMILES string of the molecule is CC(C)(C)c1cc2c3c(c1)-n1c4c(c5cccc(c51)B3c1ccc(Cl)cc1N2c1cccc2oc3ccccc3c12)C(C)(C)c1ccccc1-4.Cc1cc(C(C)(C)C)ccc1Cc1ccc(C(C)(C)C)cc1C.Cc1cc(C(C)(C)C)ccc1N(c1ccc2c(c1)N(c1cccc3oc4ccccc4c13)c1cc(C(C)(C)C)cc3c1B2c1cccc2c4c(n-3c12)-c1ccccc1C4(C)C)c1ccc(C(C)(C)C)cc1C. The highest BCUT2D eigenvalue weighted by atomic mass is 35.5. The van der Waals surface area contributed by atoms with E-state index in [0.717, 1.165) is 78.1 Å². The number of para-hydroxylation sites is 4. The van der Waals surface area contributed by atoms with Crippen LogP contribution in [-0.4, -0.2) is 22.6 Å². The molecule has 2 aliphatic carbocycles. The van der Waals surface area contributed by atoms with Crippen molar-refractivity contribution in [1.29, 1.82) is 0 Å². The molecule has 0 N–H and O–H groups in total. The second-order valence-electron chi connectivity index (χ2n) is 49.6. The van der Waals surface area contributed by atoms with Gasteiger partial charge in [0.05, 0.1) is 33.5 Å². The molecule has 6 aliphatic rings. The second-order valence-corrected chi connectivity index (χ2v) is 50.0. The third kappa shape index (κ3) is 14.4. The minimum Gasteiger partial charge on any atom is -0.456 e. The monoisotopic (exact) mass is 1910 g/mol. The van der Waals surface area contributed by atoms with Gasteiger partial charge in [0.25, 0.3) is 13.4 Å². The maximum absolute atomic E-state index is 6.93. The predicted octanol–water partition coefficient (Wildman–Crippen LogP) is 33.3. The lowest BCUT2D eigenvalue weighted by atomic mass is 9.33. The number of aryl methyl sites for hydroxylation is 4. The lowest BCUT2D eigenvalue weighted by molar-refractivity contribution is 0.589. The van der Waals surface area contributed by atoms with Crippen LogP contribution < -0.4 is 47.5 Å². The smallest absolute Gasteiger partial charge is 0.252 e. The summed E-state index contributed by atoms with van der Waals surface area (Å²) in [7, 11) is 0. The molecule has 7 nitrogen and oxygen atoms in total. The summed E-state index contributed by atoms with van der Waals surface area (Å²) in [4.78, 5) is 7.62. The van der Waals surface area contributed by atoms with E-state index in [1.54, 1.807) is 0 Å². The number of aromatic nitrogens is 2. The molecule has 0 bridgehead atoms. The van der Waals surface area contributed by atoms with Crippen molar-refractivity contribution in [2.24, 2.45) is 0 Å². The molecule has 0 saturated heterocycles. The van der Waals surface area contributed by atoms with Crippen LogP contribution in [0.5, 0.6) is 0 Å². The number of hydrogen-bond donors (Lipinski definition) is 0. The van der Waals surface area contributed by atoms with Gasteiger partial charge in [0.15, 0.2) is 0 Å². The molecular formula is C135H130B2ClN5O2. The number of hydrogen-bond acceptors (Lipinski definition) is 5. The number of furan rings is 2. The summed E-state index contributed by atoms with van der Waals surface area (Å²) in [5.41, 5.74) is 54.1. The molecule has 4 aliphatic heterocycles. The van der Waals surface area contributed by atoms with Crippen LogP contribution >= 0.6 is 11.6 Å². The van der Waals surface area contributed by atoms with Crippen molar-refractivity contribution in [1.82, 2.24) is 9.13 Å². The largest absolute Gasteiger partial charge is 0.456 e. The van der Waals surface area contributed by atoms with E-state index in [2.05, 4.69) is 501 Å². The molecule has 26 rings (SSSR count). The highest BCUT2D eigenvalue weighted by Gasteiger charge is 2.51. The Morgan fingerprint density at radius 3 is 1.06 bits per heavy atom. The molecule has 4 aromatic heterocycles. The first kappa shape index (κ1) is 93.4. The van der Waals surface area contributed by atoms with Crippen molar-refractivity contribution >= 4 is 175 Å². The first-order valence-corrected chi connectivity index (χ1v) is 52.7. The number of halogens is 1. The fraction of sp³-hybridized carbons (Fsp3) is 0.259. The van der Waals surface area contributed by atoms with Crippen LogP contribution in [-0.2, 0) is 49.7 Å². The molecule has 20 aromatic rings. The highest BCUT2D eigenvalue weighted by Crippen LogP contribution is 2.60. The molecule has 0 fully saturated rings. The van der Waals surface area contributed by atoms with Crippen LogP contribution in [0.1, 0.15) is 241 Å². The van der Waals surface area contributed by atoms with Gasteiger partial charge >= 0.3 is 0 Å². The van der Waals surface area contributed by atoms with Crippen molar-refractivity contribution < 1.29 is 8.83 Å². The molecule has 720 valence electrons. The lowest BCUT2D eigenvalue weighted by Gasteiger charge is -2.42. The Hall–Kier alpha value is -14.0. The van der Waals surface area contributed by atoms with Crippen LogP contribution in [0.2, 0.25) is 5.02 Å². The topological polar surface area (TPSA) is 45.9 Å². The van der Waals surface area contributed by atoms with Gasteiger partial charge in [-0.3, -0.25) is 0 Å². The molecular weight excluding hydrogens is 1780 g/mol. The van der Waals surface area contributed by atoms with Crippen molar-refractivity contribution in [3.05, 3.63) is 397 Å². The normalized spacial score (nSPS) is 14.4. The minimum absolute atomic E-state index is 0.0170. The molecule has 0 saturated carbocycles. The highest BCUT2D eigenvalue weighted by molar-refractivity contribution is 7.01. The summed E-state index contributed by atoms with van der Waals surface area (Å²) in [6, 6.07) is 114. The molecule has 8 heterocycles. The zero-order valence-corrected chi connectivity index (χ0v) is 89.9. The quantitative estimate of drug-likeness (QED) is 0.149. The van der Waals surface area contributed by atoms with Gasteiger partial charge in [0.1, 0.15) is 22.3 Å². The van der Waals surface area contributed by atoms with Gasteiger partial charge in [-0.1, -0.05) is 370 Å².